The van der Waals surface area contributed by atoms with Gasteiger partial charge < -0.3 is 14.5 Å². The molecule has 3 N–H and O–H groups in total. The van der Waals surface area contributed by atoms with Gasteiger partial charge in [-0.3, -0.25) is 0 Å². The predicted octanol–water partition coefficient (Wildman–Crippen LogP) is -0.617. The Balaban J connectivity index is 1.45. The minimum Gasteiger partial charge on any atom is -0.494 e. The Bertz CT molecular complexity index is 577. The summed E-state index contributed by atoms with van der Waals surface area (Å²) in [5, 5.41) is 0. The van der Waals surface area contributed by atoms with Crippen molar-refractivity contribution in [3.63, 3.8) is 0 Å². The number of hydrogen-bond donors (Lipinski definition) is 2. The van der Waals surface area contributed by atoms with E-state index in [1.54, 1.807) is 9.80 Å². The van der Waals surface area contributed by atoms with Gasteiger partial charge in [0.2, 0.25) is 0 Å². The molecule has 4 heteroatoms. The van der Waals surface area contributed by atoms with E-state index in [-0.39, 0.29) is 0 Å². The molecule has 122 valence electrons. The Morgan fingerprint density at radius 2 is 1.35 bits per heavy atom. The Morgan fingerprint density at radius 1 is 0.826 bits per heavy atom. The van der Waals surface area contributed by atoms with E-state index < -0.39 is 0 Å². The Morgan fingerprint density at radius 3 is 1.87 bits per heavy atom. The van der Waals surface area contributed by atoms with E-state index in [1.807, 2.05) is 19.3 Å². The molecule has 2 heterocycles. The van der Waals surface area contributed by atoms with Crippen molar-refractivity contribution >= 4 is 0 Å². The zero-order valence-electron chi connectivity index (χ0n) is 14.0. The molecule has 2 aromatic rings. The first-order chi connectivity index (χ1) is 11.3. The van der Waals surface area contributed by atoms with Crippen LogP contribution in [0, 0.1) is 0 Å². The standard InChI is InChI=1S/C19H25N3O/c1-2-23-19-5-3-17(4-6-19)15-21-11-13-22(14-12-21)16-18-7-9-20-10-8-18/h3-10H,2,11-16H2,1H3/p+3. The fourth-order valence-corrected chi connectivity index (χ4v) is 3.30. The van der Waals surface area contributed by atoms with Crippen LogP contribution in [0.2, 0.25) is 0 Å². The first kappa shape index (κ1) is 16.0. The number of ether oxygens (including phenoxy) is 1. The van der Waals surface area contributed by atoms with Crippen molar-refractivity contribution in [2.75, 3.05) is 32.8 Å². The molecule has 3 rings (SSSR count). The summed E-state index contributed by atoms with van der Waals surface area (Å²) >= 11 is 0. The molecule has 0 saturated carbocycles. The van der Waals surface area contributed by atoms with Gasteiger partial charge in [-0.15, -0.1) is 0 Å². The molecule has 1 aromatic heterocycles. The lowest BCUT2D eigenvalue weighted by Gasteiger charge is -2.29. The second-order valence-electron chi connectivity index (χ2n) is 6.34. The second kappa shape index (κ2) is 8.09. The van der Waals surface area contributed by atoms with Crippen LogP contribution in [0.4, 0.5) is 0 Å². The summed E-state index contributed by atoms with van der Waals surface area (Å²) in [6, 6.07) is 13.0. The number of quaternary nitrogens is 2. The summed E-state index contributed by atoms with van der Waals surface area (Å²) in [4.78, 5) is 6.49. The summed E-state index contributed by atoms with van der Waals surface area (Å²) < 4.78 is 5.51. The maximum atomic E-state index is 5.51. The van der Waals surface area contributed by atoms with Crippen molar-refractivity contribution in [1.29, 1.82) is 0 Å². The average Bonchev–Trinajstić information content (AvgIpc) is 2.60. The summed E-state index contributed by atoms with van der Waals surface area (Å²) in [5.74, 6) is 0.973. The quantitative estimate of drug-likeness (QED) is 0.732. The summed E-state index contributed by atoms with van der Waals surface area (Å²) in [6.45, 7) is 10.0. The number of benzene rings is 1. The van der Waals surface area contributed by atoms with Gasteiger partial charge in [-0.1, -0.05) is 0 Å². The molecule has 0 amide bonds. The molecule has 0 radical (unpaired) electrons. The van der Waals surface area contributed by atoms with Crippen molar-refractivity contribution in [1.82, 2.24) is 0 Å². The van der Waals surface area contributed by atoms with Crippen LogP contribution in [-0.2, 0) is 13.1 Å². The van der Waals surface area contributed by atoms with Gasteiger partial charge in [-0.2, -0.15) is 0 Å². The number of hydrogen-bond acceptors (Lipinski definition) is 1. The Kier molecular flexibility index (Phi) is 5.61. The average molecular weight is 314 g/mol. The lowest BCUT2D eigenvalue weighted by Crippen LogP contribution is -3.27. The van der Waals surface area contributed by atoms with Crippen LogP contribution >= 0.6 is 0 Å². The first-order valence-electron chi connectivity index (χ1n) is 8.67. The molecular formula is C19H28N3O+3. The van der Waals surface area contributed by atoms with Crippen molar-refractivity contribution < 1.29 is 19.5 Å². The Labute approximate surface area is 138 Å². The minimum atomic E-state index is 0.731. The van der Waals surface area contributed by atoms with Gasteiger partial charge in [0.1, 0.15) is 45.0 Å². The molecule has 0 aliphatic carbocycles. The van der Waals surface area contributed by atoms with Crippen LogP contribution in [0.1, 0.15) is 18.1 Å². The summed E-state index contributed by atoms with van der Waals surface area (Å²) in [5.41, 5.74) is 2.83. The number of rotatable bonds is 6. The topological polar surface area (TPSA) is 32.2 Å². The summed E-state index contributed by atoms with van der Waals surface area (Å²) in [7, 11) is 0. The van der Waals surface area contributed by atoms with Crippen LogP contribution in [0.3, 0.4) is 0 Å². The molecule has 1 fully saturated rings. The van der Waals surface area contributed by atoms with Crippen molar-refractivity contribution in [2.24, 2.45) is 0 Å². The number of nitrogens with one attached hydrogen (secondary N) is 3. The SMILES string of the molecule is CCOc1ccc(C[NH+]2CC[NH+](Cc3cc[nH+]cc3)CC2)cc1. The molecule has 23 heavy (non-hydrogen) atoms. The minimum absolute atomic E-state index is 0.731. The van der Waals surface area contributed by atoms with E-state index in [0.717, 1.165) is 25.4 Å². The second-order valence-corrected chi connectivity index (χ2v) is 6.34. The van der Waals surface area contributed by atoms with Crippen LogP contribution in [-0.4, -0.2) is 32.8 Å². The maximum Gasteiger partial charge on any atom is 0.167 e. The molecule has 0 spiro atoms. The molecule has 0 atom stereocenters. The van der Waals surface area contributed by atoms with Gasteiger partial charge in [0, 0.05) is 23.3 Å². The largest absolute Gasteiger partial charge is 0.494 e. The number of aromatic amines is 1. The van der Waals surface area contributed by atoms with E-state index in [0.29, 0.717) is 0 Å². The van der Waals surface area contributed by atoms with Crippen molar-refractivity contribution in [3.05, 3.63) is 59.9 Å². The van der Waals surface area contributed by atoms with Gasteiger partial charge >= 0.3 is 0 Å². The normalized spacial score (nSPS) is 21.1. The van der Waals surface area contributed by atoms with Crippen molar-refractivity contribution in [2.45, 2.75) is 20.0 Å². The molecule has 0 unspecified atom stereocenters. The third-order valence-electron chi connectivity index (χ3n) is 4.59. The highest BCUT2D eigenvalue weighted by Gasteiger charge is 2.23. The van der Waals surface area contributed by atoms with Gasteiger partial charge in [-0.05, 0) is 31.2 Å². The Hall–Kier alpha value is -1.91. The van der Waals surface area contributed by atoms with Crippen LogP contribution in [0.5, 0.6) is 5.75 Å². The molecular weight excluding hydrogens is 286 g/mol. The molecule has 4 nitrogen and oxygen atoms in total. The van der Waals surface area contributed by atoms with E-state index in [9.17, 15) is 0 Å². The number of aromatic nitrogens is 1. The van der Waals surface area contributed by atoms with Gasteiger partial charge in [-0.25, -0.2) is 4.98 Å². The van der Waals surface area contributed by atoms with Crippen LogP contribution < -0.4 is 19.5 Å². The molecule has 1 aliphatic heterocycles. The van der Waals surface area contributed by atoms with E-state index in [2.05, 4.69) is 41.4 Å². The highest BCUT2D eigenvalue weighted by molar-refractivity contribution is 5.26. The molecule has 0 bridgehead atoms. The van der Waals surface area contributed by atoms with Crippen LogP contribution in [0.15, 0.2) is 48.8 Å². The lowest BCUT2D eigenvalue weighted by atomic mass is 10.2. The van der Waals surface area contributed by atoms with E-state index in [4.69, 9.17) is 4.74 Å². The van der Waals surface area contributed by atoms with Gasteiger partial charge in [0.05, 0.1) is 6.61 Å². The summed E-state index contributed by atoms with van der Waals surface area (Å²) in [6.07, 6.45) is 4.03. The van der Waals surface area contributed by atoms with Gasteiger partial charge in [0.15, 0.2) is 12.4 Å². The zero-order chi connectivity index (χ0) is 15.9. The highest BCUT2D eigenvalue weighted by Crippen LogP contribution is 2.11. The molecule has 1 aliphatic rings. The highest BCUT2D eigenvalue weighted by atomic mass is 16.5. The first-order valence-corrected chi connectivity index (χ1v) is 8.67. The smallest absolute Gasteiger partial charge is 0.167 e. The fourth-order valence-electron chi connectivity index (χ4n) is 3.30. The molecule has 1 saturated heterocycles. The van der Waals surface area contributed by atoms with E-state index in [1.165, 1.54) is 37.3 Å². The lowest BCUT2D eigenvalue weighted by molar-refractivity contribution is -1.02. The fraction of sp³-hybridized carbons (Fsp3) is 0.421. The number of piperazine rings is 1. The molecule has 1 aromatic carbocycles. The third-order valence-corrected chi connectivity index (χ3v) is 4.59. The maximum absolute atomic E-state index is 5.51. The monoisotopic (exact) mass is 314 g/mol. The number of H-pyrrole nitrogens is 1. The predicted molar refractivity (Wildman–Crippen MR) is 89.4 cm³/mol. The third kappa shape index (κ3) is 4.78. The van der Waals surface area contributed by atoms with Gasteiger partial charge in [0.25, 0.3) is 0 Å². The zero-order valence-corrected chi connectivity index (χ0v) is 14.0. The van der Waals surface area contributed by atoms with Crippen LogP contribution in [0.25, 0.3) is 0 Å². The van der Waals surface area contributed by atoms with E-state index >= 15 is 0 Å². The number of pyridine rings is 1. The van der Waals surface area contributed by atoms with Crippen molar-refractivity contribution in [3.8, 4) is 5.75 Å².